The number of nitrogens with zero attached hydrogens (tertiary/aromatic N) is 3. The molecule has 1 fully saturated rings. The van der Waals surface area contributed by atoms with E-state index in [1.54, 1.807) is 36.1 Å². The number of likely N-dealkylation sites (tertiary alicyclic amines) is 1. The first kappa shape index (κ1) is 11.1. The molecule has 1 aromatic heterocycles. The first-order valence-corrected chi connectivity index (χ1v) is 5.20. The summed E-state index contributed by atoms with van der Waals surface area (Å²) in [5.41, 5.74) is 0.642. The summed E-state index contributed by atoms with van der Waals surface area (Å²) in [6.07, 6.45) is 2.64. The molecular formula is C10H15FN4O. The Labute approximate surface area is 93.2 Å². The topological polar surface area (TPSA) is 50.2 Å². The van der Waals surface area contributed by atoms with Crippen LogP contribution in [0.15, 0.2) is 12.4 Å². The monoisotopic (exact) mass is 226 g/mol. The maximum absolute atomic E-state index is 13.1. The zero-order valence-electron chi connectivity index (χ0n) is 9.35. The van der Waals surface area contributed by atoms with Crippen molar-refractivity contribution >= 4 is 11.6 Å². The van der Waals surface area contributed by atoms with Crippen LogP contribution in [0.3, 0.4) is 0 Å². The van der Waals surface area contributed by atoms with Crippen LogP contribution in [0.1, 0.15) is 6.42 Å². The van der Waals surface area contributed by atoms with Crippen molar-refractivity contribution in [1.82, 2.24) is 14.7 Å². The SMILES string of the molecule is CN1C[C@H](F)C[C@H]1C(=O)Nc1cnn(C)c1. The lowest BCUT2D eigenvalue weighted by Crippen LogP contribution is -2.36. The van der Waals surface area contributed by atoms with Gasteiger partial charge < -0.3 is 5.32 Å². The molecule has 1 aliphatic rings. The van der Waals surface area contributed by atoms with E-state index in [-0.39, 0.29) is 18.4 Å². The number of nitrogens with one attached hydrogen (secondary N) is 1. The fourth-order valence-corrected chi connectivity index (χ4v) is 1.95. The zero-order chi connectivity index (χ0) is 11.7. The third kappa shape index (κ3) is 2.21. The van der Waals surface area contributed by atoms with Gasteiger partial charge in [0.05, 0.1) is 17.9 Å². The van der Waals surface area contributed by atoms with Gasteiger partial charge in [0.1, 0.15) is 6.17 Å². The highest BCUT2D eigenvalue weighted by molar-refractivity contribution is 5.94. The number of likely N-dealkylation sites (N-methyl/N-ethyl adjacent to an activating group) is 1. The fraction of sp³-hybridized carbons (Fsp3) is 0.600. The number of halogens is 1. The molecule has 88 valence electrons. The van der Waals surface area contributed by atoms with Gasteiger partial charge in [-0.25, -0.2) is 4.39 Å². The lowest BCUT2D eigenvalue weighted by Gasteiger charge is -2.17. The Hall–Kier alpha value is -1.43. The van der Waals surface area contributed by atoms with Crippen LogP contribution in [0.2, 0.25) is 0 Å². The molecule has 0 spiro atoms. The van der Waals surface area contributed by atoms with Gasteiger partial charge in [0, 0.05) is 26.2 Å². The van der Waals surface area contributed by atoms with E-state index in [1.807, 2.05) is 0 Å². The predicted molar refractivity (Wildman–Crippen MR) is 57.8 cm³/mol. The average Bonchev–Trinajstić information content (AvgIpc) is 2.73. The highest BCUT2D eigenvalue weighted by atomic mass is 19.1. The fourth-order valence-electron chi connectivity index (χ4n) is 1.95. The normalized spacial score (nSPS) is 25.9. The lowest BCUT2D eigenvalue weighted by molar-refractivity contribution is -0.120. The van der Waals surface area contributed by atoms with Crippen LogP contribution in [0.4, 0.5) is 10.1 Å². The van der Waals surface area contributed by atoms with E-state index in [0.29, 0.717) is 12.2 Å². The molecule has 6 heteroatoms. The summed E-state index contributed by atoms with van der Waals surface area (Å²) in [5, 5.41) is 6.67. The number of rotatable bonds is 2. The summed E-state index contributed by atoms with van der Waals surface area (Å²) in [5.74, 6) is -0.171. The molecule has 5 nitrogen and oxygen atoms in total. The molecule has 0 aromatic carbocycles. The minimum atomic E-state index is -0.908. The van der Waals surface area contributed by atoms with E-state index in [2.05, 4.69) is 10.4 Å². The van der Waals surface area contributed by atoms with Crippen LogP contribution in [0, 0.1) is 0 Å². The Kier molecular flexibility index (Phi) is 2.91. The minimum Gasteiger partial charge on any atom is -0.322 e. The van der Waals surface area contributed by atoms with E-state index in [4.69, 9.17) is 0 Å². The van der Waals surface area contributed by atoms with Gasteiger partial charge in [-0.3, -0.25) is 14.4 Å². The summed E-state index contributed by atoms with van der Waals surface area (Å²) in [6.45, 7) is 0.325. The molecule has 0 radical (unpaired) electrons. The second kappa shape index (κ2) is 4.21. The number of alkyl halides is 1. The summed E-state index contributed by atoms with van der Waals surface area (Å²) in [6, 6.07) is -0.379. The predicted octanol–water partition coefficient (Wildman–Crippen LogP) is 0.401. The van der Waals surface area contributed by atoms with Gasteiger partial charge in [-0.2, -0.15) is 5.10 Å². The summed E-state index contributed by atoms with van der Waals surface area (Å²) >= 11 is 0. The Bertz CT molecular complexity index is 392. The van der Waals surface area contributed by atoms with Crippen molar-refractivity contribution < 1.29 is 9.18 Å². The molecular weight excluding hydrogens is 211 g/mol. The van der Waals surface area contributed by atoms with Crippen molar-refractivity contribution in [2.45, 2.75) is 18.6 Å². The molecule has 0 aliphatic carbocycles. The summed E-state index contributed by atoms with van der Waals surface area (Å²) < 4.78 is 14.7. The van der Waals surface area contributed by atoms with Gasteiger partial charge in [0.15, 0.2) is 0 Å². The van der Waals surface area contributed by atoms with E-state index in [0.717, 1.165) is 0 Å². The smallest absolute Gasteiger partial charge is 0.241 e. The lowest BCUT2D eigenvalue weighted by atomic mass is 10.2. The first-order chi connectivity index (χ1) is 7.56. The standard InChI is InChI=1S/C10H15FN4O/c1-14-5-7(11)3-9(14)10(16)13-8-4-12-15(2)6-8/h4,6-7,9H,3,5H2,1-2H3,(H,13,16)/t7-,9+/m1/s1. The van der Waals surface area contributed by atoms with Crippen molar-refractivity contribution in [2.24, 2.45) is 7.05 Å². The number of carbonyl (C=O) groups is 1. The van der Waals surface area contributed by atoms with Crippen molar-refractivity contribution in [3.63, 3.8) is 0 Å². The average molecular weight is 226 g/mol. The Balaban J connectivity index is 1.98. The third-order valence-electron chi connectivity index (χ3n) is 2.77. The number of hydrogen-bond acceptors (Lipinski definition) is 3. The highest BCUT2D eigenvalue weighted by Crippen LogP contribution is 2.19. The second-order valence-corrected chi connectivity index (χ2v) is 4.18. The van der Waals surface area contributed by atoms with Gasteiger partial charge in [0.2, 0.25) is 5.91 Å². The van der Waals surface area contributed by atoms with Crippen LogP contribution in [-0.2, 0) is 11.8 Å². The Morgan fingerprint density at radius 3 is 2.88 bits per heavy atom. The van der Waals surface area contributed by atoms with Crippen LogP contribution < -0.4 is 5.32 Å². The number of aryl methyl sites for hydroxylation is 1. The van der Waals surface area contributed by atoms with Gasteiger partial charge in [-0.1, -0.05) is 0 Å². The van der Waals surface area contributed by atoms with Crippen LogP contribution in [0.25, 0.3) is 0 Å². The van der Waals surface area contributed by atoms with Crippen LogP contribution in [0.5, 0.6) is 0 Å². The summed E-state index contributed by atoms with van der Waals surface area (Å²) in [7, 11) is 3.53. The van der Waals surface area contributed by atoms with E-state index in [9.17, 15) is 9.18 Å². The van der Waals surface area contributed by atoms with Crippen molar-refractivity contribution in [3.8, 4) is 0 Å². The number of carbonyl (C=O) groups excluding carboxylic acids is 1. The second-order valence-electron chi connectivity index (χ2n) is 4.18. The molecule has 2 rings (SSSR count). The van der Waals surface area contributed by atoms with E-state index in [1.165, 1.54) is 0 Å². The number of anilines is 1. The maximum Gasteiger partial charge on any atom is 0.241 e. The quantitative estimate of drug-likeness (QED) is 0.794. The number of aromatic nitrogens is 2. The van der Waals surface area contributed by atoms with Crippen LogP contribution in [-0.4, -0.2) is 46.4 Å². The first-order valence-electron chi connectivity index (χ1n) is 5.20. The molecule has 2 heterocycles. The molecule has 1 aliphatic heterocycles. The van der Waals surface area contributed by atoms with Gasteiger partial charge in [0.25, 0.3) is 0 Å². The van der Waals surface area contributed by atoms with E-state index >= 15 is 0 Å². The molecule has 0 unspecified atom stereocenters. The van der Waals surface area contributed by atoms with Gasteiger partial charge in [-0.15, -0.1) is 0 Å². The van der Waals surface area contributed by atoms with Crippen LogP contribution >= 0.6 is 0 Å². The van der Waals surface area contributed by atoms with Crippen molar-refractivity contribution in [2.75, 3.05) is 18.9 Å². The molecule has 0 bridgehead atoms. The Morgan fingerprint density at radius 2 is 2.38 bits per heavy atom. The van der Waals surface area contributed by atoms with Crippen molar-refractivity contribution in [1.29, 1.82) is 0 Å². The van der Waals surface area contributed by atoms with Crippen molar-refractivity contribution in [3.05, 3.63) is 12.4 Å². The zero-order valence-corrected chi connectivity index (χ0v) is 9.35. The molecule has 1 aromatic rings. The van der Waals surface area contributed by atoms with E-state index < -0.39 is 6.17 Å². The highest BCUT2D eigenvalue weighted by Gasteiger charge is 2.34. The molecule has 1 N–H and O–H groups in total. The van der Waals surface area contributed by atoms with Gasteiger partial charge in [-0.05, 0) is 7.05 Å². The third-order valence-corrected chi connectivity index (χ3v) is 2.77. The minimum absolute atomic E-state index is 0.171. The molecule has 16 heavy (non-hydrogen) atoms. The largest absolute Gasteiger partial charge is 0.322 e. The molecule has 2 atom stereocenters. The number of hydrogen-bond donors (Lipinski definition) is 1. The molecule has 0 saturated carbocycles. The summed E-state index contributed by atoms with van der Waals surface area (Å²) in [4.78, 5) is 13.6. The van der Waals surface area contributed by atoms with Gasteiger partial charge >= 0.3 is 0 Å². The Morgan fingerprint density at radius 1 is 1.62 bits per heavy atom. The molecule has 1 amide bonds. The molecule has 1 saturated heterocycles. The number of amides is 1. The maximum atomic E-state index is 13.1.